The Balaban J connectivity index is 3.21. The second kappa shape index (κ2) is 3.38. The topological polar surface area (TPSA) is 69.1 Å². The van der Waals surface area contributed by atoms with E-state index in [9.17, 15) is 9.18 Å². The van der Waals surface area contributed by atoms with Crippen LogP contribution in [0.1, 0.15) is 18.1 Å². The number of aryl methyl sites for hydroxylation is 1. The number of halogens is 1. The van der Waals surface area contributed by atoms with E-state index in [4.69, 9.17) is 11.5 Å². The molecule has 14 heavy (non-hydrogen) atoms. The number of rotatable bonds is 2. The Bertz CT molecular complexity index is 374. The fourth-order valence-corrected chi connectivity index (χ4v) is 1.06. The largest absolute Gasteiger partial charge is 0.368 e. The van der Waals surface area contributed by atoms with Gasteiger partial charge in [-0.1, -0.05) is 12.1 Å². The van der Waals surface area contributed by atoms with Gasteiger partial charge in [-0.2, -0.15) is 0 Å². The Kier molecular flexibility index (Phi) is 2.57. The van der Waals surface area contributed by atoms with Gasteiger partial charge in [0.1, 0.15) is 11.4 Å². The first kappa shape index (κ1) is 10.7. The Hall–Kier alpha value is -1.42. The number of benzene rings is 1. The van der Waals surface area contributed by atoms with Crippen LogP contribution in [0.4, 0.5) is 4.39 Å². The van der Waals surface area contributed by atoms with Gasteiger partial charge in [-0.05, 0) is 31.0 Å². The van der Waals surface area contributed by atoms with Crippen molar-refractivity contribution in [3.05, 3.63) is 35.1 Å². The highest BCUT2D eigenvalue weighted by atomic mass is 19.1. The van der Waals surface area contributed by atoms with E-state index in [1.165, 1.54) is 13.0 Å². The molecule has 4 heteroatoms. The highest BCUT2D eigenvalue weighted by Crippen LogP contribution is 2.19. The second-order valence-electron chi connectivity index (χ2n) is 3.53. The van der Waals surface area contributed by atoms with Crippen LogP contribution in [0, 0.1) is 12.7 Å². The summed E-state index contributed by atoms with van der Waals surface area (Å²) in [5.74, 6) is -1.07. The van der Waals surface area contributed by atoms with E-state index in [0.29, 0.717) is 11.1 Å². The lowest BCUT2D eigenvalue weighted by atomic mass is 9.92. The summed E-state index contributed by atoms with van der Waals surface area (Å²) >= 11 is 0. The van der Waals surface area contributed by atoms with E-state index >= 15 is 0 Å². The van der Waals surface area contributed by atoms with E-state index < -0.39 is 11.4 Å². The number of nitrogens with two attached hydrogens (primary N) is 2. The van der Waals surface area contributed by atoms with E-state index in [1.807, 2.05) is 0 Å². The molecule has 1 amide bonds. The maximum absolute atomic E-state index is 13.2. The summed E-state index contributed by atoms with van der Waals surface area (Å²) in [5.41, 5.74) is 10.3. The zero-order chi connectivity index (χ0) is 10.9. The van der Waals surface area contributed by atoms with Crippen LogP contribution in [0.15, 0.2) is 18.2 Å². The average Bonchev–Trinajstić information content (AvgIpc) is 2.09. The van der Waals surface area contributed by atoms with E-state index in [2.05, 4.69) is 0 Å². The molecule has 0 radical (unpaired) electrons. The van der Waals surface area contributed by atoms with E-state index in [0.717, 1.165) is 0 Å². The molecule has 1 aromatic rings. The number of primary amides is 1. The van der Waals surface area contributed by atoms with Crippen molar-refractivity contribution in [3.63, 3.8) is 0 Å². The van der Waals surface area contributed by atoms with Crippen LogP contribution in [0.5, 0.6) is 0 Å². The third-order valence-electron chi connectivity index (χ3n) is 2.28. The summed E-state index contributed by atoms with van der Waals surface area (Å²) in [7, 11) is 0. The lowest BCUT2D eigenvalue weighted by molar-refractivity contribution is -0.122. The molecule has 0 heterocycles. The Morgan fingerprint density at radius 2 is 2.07 bits per heavy atom. The Morgan fingerprint density at radius 1 is 1.50 bits per heavy atom. The van der Waals surface area contributed by atoms with Crippen LogP contribution in [0.3, 0.4) is 0 Å². The zero-order valence-electron chi connectivity index (χ0n) is 8.17. The second-order valence-corrected chi connectivity index (χ2v) is 3.53. The molecule has 1 unspecified atom stereocenters. The average molecular weight is 196 g/mol. The fraction of sp³-hybridized carbons (Fsp3) is 0.300. The molecule has 0 saturated heterocycles. The molecule has 0 aliphatic rings. The summed E-state index contributed by atoms with van der Waals surface area (Å²) in [6, 6.07) is 4.40. The summed E-state index contributed by atoms with van der Waals surface area (Å²) in [5, 5.41) is 0. The van der Waals surface area contributed by atoms with Crippen LogP contribution >= 0.6 is 0 Å². The molecule has 4 N–H and O–H groups in total. The van der Waals surface area contributed by atoms with Crippen LogP contribution in [-0.2, 0) is 10.3 Å². The molecule has 0 bridgehead atoms. The normalized spacial score (nSPS) is 14.9. The molecule has 0 fully saturated rings. The highest BCUT2D eigenvalue weighted by Gasteiger charge is 2.28. The van der Waals surface area contributed by atoms with Gasteiger partial charge >= 0.3 is 0 Å². The lowest BCUT2D eigenvalue weighted by Crippen LogP contribution is -2.46. The van der Waals surface area contributed by atoms with Gasteiger partial charge in [-0.3, -0.25) is 4.79 Å². The number of amides is 1. The van der Waals surface area contributed by atoms with Crippen molar-refractivity contribution in [1.82, 2.24) is 0 Å². The quantitative estimate of drug-likeness (QED) is 0.734. The molecular weight excluding hydrogens is 183 g/mol. The van der Waals surface area contributed by atoms with E-state index in [-0.39, 0.29) is 5.82 Å². The van der Waals surface area contributed by atoms with Crippen LogP contribution < -0.4 is 11.5 Å². The summed E-state index contributed by atoms with van der Waals surface area (Å²) in [6.45, 7) is 3.09. The van der Waals surface area contributed by atoms with Crippen molar-refractivity contribution in [1.29, 1.82) is 0 Å². The summed E-state index contributed by atoms with van der Waals surface area (Å²) in [4.78, 5) is 11.0. The minimum absolute atomic E-state index is 0.383. The standard InChI is InChI=1S/C10H13FN2O/c1-6-3-4-7(5-8(6)11)10(2,13)9(12)14/h3-5H,13H2,1-2H3,(H2,12,14). The van der Waals surface area contributed by atoms with Crippen molar-refractivity contribution in [2.75, 3.05) is 0 Å². The summed E-state index contributed by atoms with van der Waals surface area (Å²) < 4.78 is 13.2. The number of carbonyl (C=O) groups excluding carboxylic acids is 1. The molecule has 3 nitrogen and oxygen atoms in total. The van der Waals surface area contributed by atoms with Gasteiger partial charge in [0.2, 0.25) is 5.91 Å². The van der Waals surface area contributed by atoms with Gasteiger partial charge in [0, 0.05) is 0 Å². The molecule has 1 rings (SSSR count). The predicted octanol–water partition coefficient (Wildman–Crippen LogP) is 0.793. The molecule has 0 aromatic heterocycles. The first-order valence-corrected chi connectivity index (χ1v) is 4.21. The minimum Gasteiger partial charge on any atom is -0.368 e. The molecule has 0 aliphatic carbocycles. The fourth-order valence-electron chi connectivity index (χ4n) is 1.06. The maximum atomic E-state index is 13.2. The molecule has 0 saturated carbocycles. The number of carbonyl (C=O) groups is 1. The van der Waals surface area contributed by atoms with Crippen LogP contribution in [0.25, 0.3) is 0 Å². The monoisotopic (exact) mass is 196 g/mol. The van der Waals surface area contributed by atoms with Crippen LogP contribution in [-0.4, -0.2) is 5.91 Å². The van der Waals surface area contributed by atoms with Gasteiger partial charge in [0.05, 0.1) is 0 Å². The number of hydrogen-bond donors (Lipinski definition) is 2. The number of hydrogen-bond acceptors (Lipinski definition) is 2. The smallest absolute Gasteiger partial charge is 0.241 e. The Labute approximate surface area is 81.9 Å². The third kappa shape index (κ3) is 1.75. The minimum atomic E-state index is -1.32. The van der Waals surface area contributed by atoms with Crippen molar-refractivity contribution in [2.45, 2.75) is 19.4 Å². The maximum Gasteiger partial charge on any atom is 0.241 e. The van der Waals surface area contributed by atoms with Crippen molar-refractivity contribution >= 4 is 5.91 Å². The highest BCUT2D eigenvalue weighted by molar-refractivity contribution is 5.85. The van der Waals surface area contributed by atoms with Gasteiger partial charge in [-0.15, -0.1) is 0 Å². The summed E-state index contributed by atoms with van der Waals surface area (Å²) in [6.07, 6.45) is 0. The molecule has 76 valence electrons. The molecule has 0 spiro atoms. The predicted molar refractivity (Wildman–Crippen MR) is 51.9 cm³/mol. The van der Waals surface area contributed by atoms with Gasteiger partial charge in [-0.25, -0.2) is 4.39 Å². The van der Waals surface area contributed by atoms with Gasteiger partial charge < -0.3 is 11.5 Å². The third-order valence-corrected chi connectivity index (χ3v) is 2.28. The van der Waals surface area contributed by atoms with Gasteiger partial charge in [0.25, 0.3) is 0 Å². The Morgan fingerprint density at radius 3 is 2.50 bits per heavy atom. The first-order chi connectivity index (χ1) is 6.35. The van der Waals surface area contributed by atoms with Crippen molar-refractivity contribution in [2.24, 2.45) is 11.5 Å². The van der Waals surface area contributed by atoms with Crippen LogP contribution in [0.2, 0.25) is 0 Å². The molecule has 1 atom stereocenters. The molecule has 1 aromatic carbocycles. The molecule has 0 aliphatic heterocycles. The lowest BCUT2D eigenvalue weighted by Gasteiger charge is -2.21. The first-order valence-electron chi connectivity index (χ1n) is 4.21. The zero-order valence-corrected chi connectivity index (χ0v) is 8.17. The van der Waals surface area contributed by atoms with Gasteiger partial charge in [0.15, 0.2) is 0 Å². The van der Waals surface area contributed by atoms with E-state index in [1.54, 1.807) is 19.1 Å². The SMILES string of the molecule is Cc1ccc(C(C)(N)C(N)=O)cc1F. The molecular formula is C10H13FN2O. The van der Waals surface area contributed by atoms with Crippen molar-refractivity contribution < 1.29 is 9.18 Å². The van der Waals surface area contributed by atoms with Crippen molar-refractivity contribution in [3.8, 4) is 0 Å².